The molecule has 3 rings (SSSR count). The van der Waals surface area contributed by atoms with Crippen LogP contribution < -0.4 is 0 Å². The molecule has 1 saturated carbocycles. The molecular weight excluding hydrogens is 242 g/mol. The third-order valence-corrected chi connectivity index (χ3v) is 4.73. The number of likely N-dealkylation sites (tertiary alicyclic amines) is 1. The fourth-order valence-electron chi connectivity index (χ4n) is 3.29. The Morgan fingerprint density at radius 2 is 2.32 bits per heavy atom. The fraction of sp³-hybridized carbons (Fsp3) is 0.714. The summed E-state index contributed by atoms with van der Waals surface area (Å²) in [4.78, 5) is 21.5. The predicted octanol–water partition coefficient (Wildman–Crippen LogP) is 1.73. The number of carboxylic acid groups (broad SMARTS) is 1. The predicted molar refractivity (Wildman–Crippen MR) is 71.2 cm³/mol. The number of imidazole rings is 1. The molecule has 0 bridgehead atoms. The van der Waals surface area contributed by atoms with Crippen molar-refractivity contribution < 1.29 is 9.90 Å². The van der Waals surface area contributed by atoms with Crippen LogP contribution in [0.1, 0.15) is 49.5 Å². The number of piperidine rings is 1. The van der Waals surface area contributed by atoms with Gasteiger partial charge in [0.2, 0.25) is 0 Å². The fourth-order valence-corrected chi connectivity index (χ4v) is 3.29. The maximum absolute atomic E-state index is 11.5. The number of carboxylic acids is 1. The number of H-pyrrole nitrogens is 1. The van der Waals surface area contributed by atoms with Crippen molar-refractivity contribution in [3.63, 3.8) is 0 Å². The molecule has 1 unspecified atom stereocenters. The van der Waals surface area contributed by atoms with E-state index >= 15 is 0 Å². The first-order chi connectivity index (χ1) is 9.12. The molecule has 19 heavy (non-hydrogen) atoms. The first-order valence-corrected chi connectivity index (χ1v) is 7.09. The second kappa shape index (κ2) is 4.63. The number of aromatic nitrogens is 2. The number of aromatic amines is 1. The van der Waals surface area contributed by atoms with Gasteiger partial charge in [-0.25, -0.2) is 4.98 Å². The first-order valence-electron chi connectivity index (χ1n) is 7.09. The molecule has 1 aliphatic heterocycles. The van der Waals surface area contributed by atoms with Crippen LogP contribution in [0.2, 0.25) is 0 Å². The van der Waals surface area contributed by atoms with E-state index in [-0.39, 0.29) is 0 Å². The third-order valence-electron chi connectivity index (χ3n) is 4.73. The molecule has 2 fully saturated rings. The van der Waals surface area contributed by atoms with Crippen LogP contribution in [0.4, 0.5) is 0 Å². The van der Waals surface area contributed by atoms with Gasteiger partial charge in [-0.3, -0.25) is 4.79 Å². The molecule has 0 radical (unpaired) electrons. The van der Waals surface area contributed by atoms with Crippen LogP contribution in [0.15, 0.2) is 6.20 Å². The van der Waals surface area contributed by atoms with Gasteiger partial charge in [0, 0.05) is 24.4 Å². The summed E-state index contributed by atoms with van der Waals surface area (Å²) < 4.78 is 0. The Hall–Kier alpha value is -1.36. The minimum atomic E-state index is -0.737. The molecule has 0 amide bonds. The Kier molecular flexibility index (Phi) is 3.09. The average molecular weight is 263 g/mol. The van der Waals surface area contributed by atoms with Crippen LogP contribution in [0.5, 0.6) is 0 Å². The number of nitrogens with one attached hydrogen (secondary N) is 1. The highest BCUT2D eigenvalue weighted by Crippen LogP contribution is 2.43. The van der Waals surface area contributed by atoms with Gasteiger partial charge in [-0.15, -0.1) is 0 Å². The van der Waals surface area contributed by atoms with Crippen LogP contribution in [0.3, 0.4) is 0 Å². The van der Waals surface area contributed by atoms with Crippen molar-refractivity contribution in [3.8, 4) is 0 Å². The molecule has 1 atom stereocenters. The summed E-state index contributed by atoms with van der Waals surface area (Å²) in [5.41, 5.74) is 0.368. The zero-order valence-electron chi connectivity index (χ0n) is 11.4. The summed E-state index contributed by atoms with van der Waals surface area (Å²) in [5.74, 6) is 0.390. The summed E-state index contributed by atoms with van der Waals surface area (Å²) >= 11 is 0. The van der Waals surface area contributed by atoms with Crippen molar-refractivity contribution in [2.45, 2.75) is 43.4 Å². The van der Waals surface area contributed by atoms with E-state index in [2.05, 4.69) is 21.9 Å². The van der Waals surface area contributed by atoms with Crippen molar-refractivity contribution in [3.05, 3.63) is 17.7 Å². The number of hydrogen-bond donors (Lipinski definition) is 2. The van der Waals surface area contributed by atoms with E-state index in [0.717, 1.165) is 31.6 Å². The summed E-state index contributed by atoms with van der Waals surface area (Å²) in [7, 11) is 2.13. The zero-order valence-corrected chi connectivity index (χ0v) is 11.4. The van der Waals surface area contributed by atoms with Gasteiger partial charge < -0.3 is 15.0 Å². The maximum Gasteiger partial charge on any atom is 0.317 e. The SMILES string of the molecule is CN1CCCC(c2cnc(C3(C(=O)O)CCC3)[nH]2)C1. The average Bonchev–Trinajstić information content (AvgIpc) is 2.76. The number of carbonyl (C=O) groups is 1. The van der Waals surface area contributed by atoms with Gasteiger partial charge in [0.05, 0.1) is 0 Å². The van der Waals surface area contributed by atoms with Crippen molar-refractivity contribution in [1.82, 2.24) is 14.9 Å². The van der Waals surface area contributed by atoms with Crippen molar-refractivity contribution in [2.75, 3.05) is 20.1 Å². The van der Waals surface area contributed by atoms with E-state index in [1.807, 2.05) is 6.20 Å². The highest BCUT2D eigenvalue weighted by molar-refractivity contribution is 5.81. The maximum atomic E-state index is 11.5. The van der Waals surface area contributed by atoms with E-state index in [1.54, 1.807) is 0 Å². The summed E-state index contributed by atoms with van der Waals surface area (Å²) in [5, 5.41) is 9.43. The second-order valence-corrected chi connectivity index (χ2v) is 6.03. The first kappa shape index (κ1) is 12.7. The van der Waals surface area contributed by atoms with Crippen LogP contribution in [-0.2, 0) is 10.2 Å². The van der Waals surface area contributed by atoms with Crippen LogP contribution in [-0.4, -0.2) is 46.1 Å². The van der Waals surface area contributed by atoms with Crippen LogP contribution >= 0.6 is 0 Å². The molecule has 0 spiro atoms. The highest BCUT2D eigenvalue weighted by Gasteiger charge is 2.48. The number of aliphatic carboxylic acids is 1. The van der Waals surface area contributed by atoms with Gasteiger partial charge in [0.1, 0.15) is 11.2 Å². The van der Waals surface area contributed by atoms with Gasteiger partial charge in [-0.1, -0.05) is 6.42 Å². The Morgan fingerprint density at radius 1 is 1.53 bits per heavy atom. The standard InChI is InChI=1S/C14H21N3O2/c1-17-7-2-4-10(9-17)11-8-15-12(16-11)14(13(18)19)5-3-6-14/h8,10H,2-7,9H2,1H3,(H,15,16)(H,18,19). The van der Waals surface area contributed by atoms with Gasteiger partial charge in [-0.05, 0) is 39.3 Å². The Balaban J connectivity index is 1.81. The number of rotatable bonds is 3. The topological polar surface area (TPSA) is 69.2 Å². The summed E-state index contributed by atoms with van der Waals surface area (Å²) in [6, 6.07) is 0. The molecule has 5 nitrogen and oxygen atoms in total. The van der Waals surface area contributed by atoms with Gasteiger partial charge in [0.25, 0.3) is 0 Å². The molecule has 1 saturated heterocycles. The molecule has 2 heterocycles. The molecule has 5 heteroatoms. The van der Waals surface area contributed by atoms with Gasteiger partial charge in [0.15, 0.2) is 0 Å². The molecule has 104 valence electrons. The van der Waals surface area contributed by atoms with E-state index in [0.29, 0.717) is 24.6 Å². The van der Waals surface area contributed by atoms with E-state index in [9.17, 15) is 9.90 Å². The van der Waals surface area contributed by atoms with E-state index < -0.39 is 11.4 Å². The lowest BCUT2D eigenvalue weighted by molar-refractivity contribution is -0.147. The zero-order chi connectivity index (χ0) is 13.5. The highest BCUT2D eigenvalue weighted by atomic mass is 16.4. The Labute approximate surface area is 113 Å². The number of likely N-dealkylation sites (N-methyl/N-ethyl adjacent to an activating group) is 1. The lowest BCUT2D eigenvalue weighted by atomic mass is 9.68. The second-order valence-electron chi connectivity index (χ2n) is 6.03. The van der Waals surface area contributed by atoms with Crippen molar-refractivity contribution >= 4 is 5.97 Å². The monoisotopic (exact) mass is 263 g/mol. The molecule has 2 aliphatic rings. The van der Waals surface area contributed by atoms with Crippen LogP contribution in [0, 0.1) is 0 Å². The smallest absolute Gasteiger partial charge is 0.317 e. The largest absolute Gasteiger partial charge is 0.480 e. The van der Waals surface area contributed by atoms with Gasteiger partial charge >= 0.3 is 5.97 Å². The van der Waals surface area contributed by atoms with E-state index in [1.165, 1.54) is 6.42 Å². The van der Waals surface area contributed by atoms with Crippen molar-refractivity contribution in [1.29, 1.82) is 0 Å². The summed E-state index contributed by atoms with van der Waals surface area (Å²) in [6.07, 6.45) is 6.60. The minimum Gasteiger partial charge on any atom is -0.480 e. The number of nitrogens with zero attached hydrogens (tertiary/aromatic N) is 2. The summed E-state index contributed by atoms with van der Waals surface area (Å²) in [6.45, 7) is 2.18. The molecule has 0 aromatic carbocycles. The molecular formula is C14H21N3O2. The third kappa shape index (κ3) is 2.06. The minimum absolute atomic E-state index is 0.464. The quantitative estimate of drug-likeness (QED) is 0.871. The normalized spacial score (nSPS) is 26.9. The number of hydrogen-bond acceptors (Lipinski definition) is 3. The lowest BCUT2D eigenvalue weighted by Crippen LogP contribution is -2.43. The molecule has 1 aromatic heterocycles. The Morgan fingerprint density at radius 3 is 2.89 bits per heavy atom. The van der Waals surface area contributed by atoms with Crippen LogP contribution in [0.25, 0.3) is 0 Å². The van der Waals surface area contributed by atoms with Crippen molar-refractivity contribution in [2.24, 2.45) is 0 Å². The van der Waals surface area contributed by atoms with Gasteiger partial charge in [-0.2, -0.15) is 0 Å². The molecule has 2 N–H and O–H groups in total. The Bertz CT molecular complexity index is 479. The lowest BCUT2D eigenvalue weighted by Gasteiger charge is -2.35. The molecule has 1 aromatic rings. The van der Waals surface area contributed by atoms with E-state index in [4.69, 9.17) is 0 Å². The molecule has 1 aliphatic carbocycles.